The molecule has 2 unspecified atom stereocenters. The summed E-state index contributed by atoms with van der Waals surface area (Å²) in [6, 6.07) is 4.53. The fourth-order valence-corrected chi connectivity index (χ4v) is 5.67. The Bertz CT molecular complexity index is 612. The molecule has 0 aliphatic carbocycles. The van der Waals surface area contributed by atoms with Crippen molar-refractivity contribution in [2.75, 3.05) is 30.9 Å². The van der Waals surface area contributed by atoms with Crippen LogP contribution < -0.4 is 5.73 Å². The first-order chi connectivity index (χ1) is 9.84. The lowest BCUT2D eigenvalue weighted by Gasteiger charge is -2.39. The molecule has 1 aromatic rings. The third kappa shape index (κ3) is 3.98. The molecule has 118 valence electrons. The Morgan fingerprint density at radius 2 is 2.29 bits per heavy atom. The molecule has 1 aliphatic rings. The number of benzene rings is 1. The lowest BCUT2D eigenvalue weighted by Crippen LogP contribution is -2.50. The van der Waals surface area contributed by atoms with Gasteiger partial charge in [-0.3, -0.25) is 4.90 Å². The molecule has 1 saturated heterocycles. The van der Waals surface area contributed by atoms with E-state index in [0.29, 0.717) is 22.3 Å². The number of thioether (sulfide) groups is 1. The monoisotopic (exact) mass is 396 g/mol. The molecule has 21 heavy (non-hydrogen) atoms. The minimum atomic E-state index is -3.21. The van der Waals surface area contributed by atoms with E-state index in [9.17, 15) is 12.8 Å². The van der Waals surface area contributed by atoms with Gasteiger partial charge in [0.05, 0.1) is 4.47 Å². The lowest BCUT2D eigenvalue weighted by atomic mass is 10.1. The van der Waals surface area contributed by atoms with Crippen LogP contribution in [0.5, 0.6) is 0 Å². The first-order valence-corrected chi connectivity index (χ1v) is 10.4. The summed E-state index contributed by atoms with van der Waals surface area (Å²) in [7, 11) is -3.21. The molecule has 0 saturated carbocycles. The molecule has 2 rings (SSSR count). The zero-order valence-corrected chi connectivity index (χ0v) is 14.8. The molecule has 1 aliphatic heterocycles. The van der Waals surface area contributed by atoms with Crippen molar-refractivity contribution in [1.29, 1.82) is 0 Å². The maximum absolute atomic E-state index is 13.7. The third-order valence-corrected chi connectivity index (χ3v) is 6.87. The van der Waals surface area contributed by atoms with Gasteiger partial charge in [0.2, 0.25) is 0 Å². The molecule has 1 fully saturated rings. The van der Waals surface area contributed by atoms with Gasteiger partial charge in [-0.1, -0.05) is 6.07 Å². The van der Waals surface area contributed by atoms with Gasteiger partial charge in [-0.25, -0.2) is 12.8 Å². The van der Waals surface area contributed by atoms with Crippen molar-refractivity contribution < 1.29 is 12.8 Å². The van der Waals surface area contributed by atoms with Crippen molar-refractivity contribution in [2.24, 2.45) is 5.73 Å². The normalized spacial score (nSPS) is 22.2. The number of nitrogens with two attached hydrogens (primary N) is 1. The van der Waals surface area contributed by atoms with E-state index in [2.05, 4.69) is 15.9 Å². The topological polar surface area (TPSA) is 63.4 Å². The highest BCUT2D eigenvalue weighted by Gasteiger charge is 2.35. The van der Waals surface area contributed by atoms with Crippen LogP contribution in [0.3, 0.4) is 0 Å². The zero-order chi connectivity index (χ0) is 15.6. The summed E-state index contributed by atoms with van der Waals surface area (Å²) in [4.78, 5) is 1.88. The van der Waals surface area contributed by atoms with Crippen molar-refractivity contribution in [3.05, 3.63) is 34.1 Å². The number of sulfone groups is 1. The SMILES string of the molecule is CS(=O)(=O)C1CSCCN1C(CN)c1ccc(Br)c(F)c1. The van der Waals surface area contributed by atoms with Crippen molar-refractivity contribution in [1.82, 2.24) is 4.90 Å². The summed E-state index contributed by atoms with van der Waals surface area (Å²) < 4.78 is 38.1. The van der Waals surface area contributed by atoms with Crippen molar-refractivity contribution in [3.8, 4) is 0 Å². The van der Waals surface area contributed by atoms with Crippen LogP contribution in [0.15, 0.2) is 22.7 Å². The van der Waals surface area contributed by atoms with Crippen molar-refractivity contribution >= 4 is 37.5 Å². The lowest BCUT2D eigenvalue weighted by molar-refractivity contribution is 0.197. The van der Waals surface area contributed by atoms with Gasteiger partial charge in [-0.05, 0) is 33.6 Å². The fourth-order valence-electron chi connectivity index (χ4n) is 2.50. The molecule has 1 heterocycles. The van der Waals surface area contributed by atoms with Gasteiger partial charge >= 0.3 is 0 Å². The first-order valence-electron chi connectivity index (χ1n) is 6.52. The molecule has 0 radical (unpaired) electrons. The Balaban J connectivity index is 2.36. The van der Waals surface area contributed by atoms with Crippen LogP contribution in [-0.2, 0) is 9.84 Å². The maximum Gasteiger partial charge on any atom is 0.164 e. The summed E-state index contributed by atoms with van der Waals surface area (Å²) in [5, 5.41) is -0.573. The van der Waals surface area contributed by atoms with Gasteiger partial charge in [0.25, 0.3) is 0 Å². The van der Waals surface area contributed by atoms with Crippen molar-refractivity contribution in [3.63, 3.8) is 0 Å². The Morgan fingerprint density at radius 3 is 2.86 bits per heavy atom. The molecule has 0 bridgehead atoms. The van der Waals surface area contributed by atoms with Gasteiger partial charge in [-0.2, -0.15) is 11.8 Å². The summed E-state index contributed by atoms with van der Waals surface area (Å²) in [5.41, 5.74) is 6.56. The second-order valence-corrected chi connectivity index (χ2v) is 9.23. The van der Waals surface area contributed by atoms with Crippen LogP contribution in [0.4, 0.5) is 4.39 Å². The Hall–Kier alpha value is -0.150. The van der Waals surface area contributed by atoms with Crippen LogP contribution in [0.1, 0.15) is 11.6 Å². The van der Waals surface area contributed by atoms with Crippen LogP contribution in [-0.4, -0.2) is 49.5 Å². The molecule has 0 aromatic heterocycles. The molecule has 4 nitrogen and oxygen atoms in total. The molecule has 2 N–H and O–H groups in total. The number of halogens is 2. The summed E-state index contributed by atoms with van der Waals surface area (Å²) in [5.74, 6) is 1.00. The number of nitrogens with zero attached hydrogens (tertiary/aromatic N) is 1. The predicted octanol–water partition coefficient (Wildman–Crippen LogP) is 2.01. The molecule has 1 aromatic carbocycles. The van der Waals surface area contributed by atoms with E-state index >= 15 is 0 Å². The molecule has 2 atom stereocenters. The standard InChI is InChI=1S/C13H18BrFN2O2S2/c1-21(18,19)13-8-20-5-4-17(13)12(7-16)9-2-3-10(14)11(15)6-9/h2-3,6,12-13H,4-5,7-8,16H2,1H3. The quantitative estimate of drug-likeness (QED) is 0.842. The minimum Gasteiger partial charge on any atom is -0.329 e. The van der Waals surface area contributed by atoms with Gasteiger partial charge in [0.1, 0.15) is 11.2 Å². The van der Waals surface area contributed by atoms with Gasteiger partial charge < -0.3 is 5.73 Å². The van der Waals surface area contributed by atoms with E-state index in [1.165, 1.54) is 12.3 Å². The van der Waals surface area contributed by atoms with Crippen LogP contribution >= 0.6 is 27.7 Å². The van der Waals surface area contributed by atoms with E-state index in [1.54, 1.807) is 23.9 Å². The molecule has 8 heteroatoms. The Morgan fingerprint density at radius 1 is 1.57 bits per heavy atom. The highest BCUT2D eigenvalue weighted by Crippen LogP contribution is 2.31. The van der Waals surface area contributed by atoms with E-state index < -0.39 is 15.2 Å². The van der Waals surface area contributed by atoms with E-state index in [4.69, 9.17) is 5.73 Å². The average molecular weight is 397 g/mol. The third-order valence-electron chi connectivity index (χ3n) is 3.57. The number of hydrogen-bond donors (Lipinski definition) is 1. The number of hydrogen-bond acceptors (Lipinski definition) is 5. The van der Waals surface area contributed by atoms with E-state index in [0.717, 1.165) is 5.75 Å². The maximum atomic E-state index is 13.7. The summed E-state index contributed by atoms with van der Waals surface area (Å²) in [6.45, 7) is 0.875. The second kappa shape index (κ2) is 6.95. The van der Waals surface area contributed by atoms with Crippen molar-refractivity contribution in [2.45, 2.75) is 11.4 Å². The molecule has 0 spiro atoms. The van der Waals surface area contributed by atoms with Crippen LogP contribution in [0.25, 0.3) is 0 Å². The fraction of sp³-hybridized carbons (Fsp3) is 0.538. The molecule has 0 amide bonds. The summed E-state index contributed by atoms with van der Waals surface area (Å²) >= 11 is 4.74. The van der Waals surface area contributed by atoms with Crippen LogP contribution in [0.2, 0.25) is 0 Å². The van der Waals surface area contributed by atoms with E-state index in [-0.39, 0.29) is 18.4 Å². The Labute approximate surface area is 137 Å². The highest BCUT2D eigenvalue weighted by atomic mass is 79.9. The van der Waals surface area contributed by atoms with Gasteiger partial charge in [-0.15, -0.1) is 0 Å². The predicted molar refractivity (Wildman–Crippen MR) is 88.6 cm³/mol. The number of rotatable bonds is 4. The molecular formula is C13H18BrFN2O2S2. The highest BCUT2D eigenvalue weighted by molar-refractivity contribution is 9.10. The van der Waals surface area contributed by atoms with Gasteiger partial charge in [0.15, 0.2) is 9.84 Å². The smallest absolute Gasteiger partial charge is 0.164 e. The molecular weight excluding hydrogens is 379 g/mol. The largest absolute Gasteiger partial charge is 0.329 e. The first kappa shape index (κ1) is 17.2. The Kier molecular flexibility index (Phi) is 5.70. The zero-order valence-electron chi connectivity index (χ0n) is 11.6. The second-order valence-electron chi connectivity index (χ2n) is 5.02. The average Bonchev–Trinajstić information content (AvgIpc) is 2.43. The van der Waals surface area contributed by atoms with Crippen LogP contribution in [0, 0.1) is 5.82 Å². The van der Waals surface area contributed by atoms with E-state index in [1.807, 2.05) is 4.90 Å². The minimum absolute atomic E-state index is 0.248. The van der Waals surface area contributed by atoms with Gasteiger partial charge in [0, 0.05) is 36.9 Å². The summed E-state index contributed by atoms with van der Waals surface area (Å²) in [6.07, 6.45) is 1.24.